The molecule has 0 radical (unpaired) electrons. The third-order valence-corrected chi connectivity index (χ3v) is 4.95. The van der Waals surface area contributed by atoms with Crippen molar-refractivity contribution in [3.8, 4) is 23.1 Å². The summed E-state index contributed by atoms with van der Waals surface area (Å²) in [6, 6.07) is 11.7. The fourth-order valence-corrected chi connectivity index (χ4v) is 3.28. The van der Waals surface area contributed by atoms with Crippen molar-refractivity contribution in [1.29, 1.82) is 0 Å². The van der Waals surface area contributed by atoms with Gasteiger partial charge in [-0.25, -0.2) is 9.78 Å². The molecule has 0 aliphatic rings. The molecule has 0 atom stereocenters. The topological polar surface area (TPSA) is 83.9 Å². The minimum atomic E-state index is -0.558. The van der Waals surface area contributed by atoms with Gasteiger partial charge in [-0.3, -0.25) is 0 Å². The average molecular weight is 435 g/mol. The number of furan rings is 1. The van der Waals surface area contributed by atoms with Gasteiger partial charge in [0.1, 0.15) is 30.3 Å². The fourth-order valence-electron chi connectivity index (χ4n) is 3.28. The molecule has 7 heteroatoms. The summed E-state index contributed by atoms with van der Waals surface area (Å²) in [4.78, 5) is 15.9. The molecule has 0 saturated carbocycles. The number of fused-ring (bicyclic) bond motifs is 1. The summed E-state index contributed by atoms with van der Waals surface area (Å²) in [5.74, 6) is 1.72. The van der Waals surface area contributed by atoms with Gasteiger partial charge < -0.3 is 23.0 Å². The zero-order valence-electron chi connectivity index (χ0n) is 18.6. The van der Waals surface area contributed by atoms with E-state index in [4.69, 9.17) is 23.0 Å². The molecule has 0 aliphatic heterocycles. The number of carbonyl (C=O) groups is 1. The molecule has 4 rings (SSSR count). The maximum Gasteiger partial charge on any atom is 0.375 e. The largest absolute Gasteiger partial charge is 0.490 e. The van der Waals surface area contributed by atoms with Crippen LogP contribution in [0.15, 0.2) is 51.4 Å². The van der Waals surface area contributed by atoms with Crippen LogP contribution in [0, 0.1) is 20.8 Å². The summed E-state index contributed by atoms with van der Waals surface area (Å²) >= 11 is 0. The molecule has 2 heterocycles. The number of nitrogens with zero attached hydrogens (tertiary/aromatic N) is 1. The van der Waals surface area contributed by atoms with Gasteiger partial charge in [0.2, 0.25) is 5.76 Å². The number of hydrogen-bond acceptors (Lipinski definition) is 7. The second-order valence-electron chi connectivity index (χ2n) is 7.48. The first-order valence-electron chi connectivity index (χ1n) is 10.4. The molecule has 2 aromatic carbocycles. The second-order valence-corrected chi connectivity index (χ2v) is 7.48. The van der Waals surface area contributed by atoms with E-state index >= 15 is 0 Å². The fraction of sp³-hybridized carbons (Fsp3) is 0.280. The molecular weight excluding hydrogens is 410 g/mol. The van der Waals surface area contributed by atoms with Crippen LogP contribution < -0.4 is 9.47 Å². The van der Waals surface area contributed by atoms with E-state index in [1.807, 2.05) is 45.0 Å². The molecule has 4 aromatic rings. The Morgan fingerprint density at radius 2 is 1.69 bits per heavy atom. The molecular formula is C25H25NO6. The SMILES string of the molecule is CCOC(=O)c1cnc(-c2cc3cc(OCCOc4cc(C)ccc4C)c(C)cc3o2)o1. The summed E-state index contributed by atoms with van der Waals surface area (Å²) in [7, 11) is 0. The zero-order valence-corrected chi connectivity index (χ0v) is 18.6. The first-order valence-corrected chi connectivity index (χ1v) is 10.4. The Labute approximate surface area is 185 Å². The van der Waals surface area contributed by atoms with Crippen LogP contribution in [0.4, 0.5) is 0 Å². The van der Waals surface area contributed by atoms with Gasteiger partial charge in [0.15, 0.2) is 5.76 Å². The van der Waals surface area contributed by atoms with Crippen LogP contribution in [-0.2, 0) is 4.74 Å². The molecule has 0 unspecified atom stereocenters. The van der Waals surface area contributed by atoms with Crippen LogP contribution in [0.2, 0.25) is 0 Å². The van der Waals surface area contributed by atoms with Crippen molar-refractivity contribution in [3.05, 3.63) is 65.0 Å². The first kappa shape index (κ1) is 21.5. The van der Waals surface area contributed by atoms with E-state index in [-0.39, 0.29) is 18.3 Å². The Morgan fingerprint density at radius 1 is 0.938 bits per heavy atom. The van der Waals surface area contributed by atoms with Gasteiger partial charge in [-0.1, -0.05) is 12.1 Å². The number of ether oxygens (including phenoxy) is 3. The molecule has 0 bridgehead atoms. The van der Waals surface area contributed by atoms with Crippen molar-refractivity contribution in [1.82, 2.24) is 4.98 Å². The van der Waals surface area contributed by atoms with E-state index < -0.39 is 5.97 Å². The highest BCUT2D eigenvalue weighted by Crippen LogP contribution is 2.32. The molecule has 7 nitrogen and oxygen atoms in total. The third kappa shape index (κ3) is 4.61. The van der Waals surface area contributed by atoms with Crippen molar-refractivity contribution in [2.75, 3.05) is 19.8 Å². The van der Waals surface area contributed by atoms with Gasteiger partial charge in [-0.05, 0) is 68.7 Å². The monoisotopic (exact) mass is 435 g/mol. The molecule has 166 valence electrons. The van der Waals surface area contributed by atoms with E-state index in [1.54, 1.807) is 13.0 Å². The number of hydrogen-bond donors (Lipinski definition) is 0. The molecule has 0 saturated heterocycles. The minimum Gasteiger partial charge on any atom is -0.490 e. The predicted octanol–water partition coefficient (Wildman–Crippen LogP) is 5.65. The van der Waals surface area contributed by atoms with Crippen molar-refractivity contribution in [2.45, 2.75) is 27.7 Å². The second kappa shape index (κ2) is 9.18. The van der Waals surface area contributed by atoms with E-state index in [9.17, 15) is 4.79 Å². The van der Waals surface area contributed by atoms with Crippen molar-refractivity contribution < 1.29 is 27.8 Å². The third-order valence-electron chi connectivity index (χ3n) is 4.95. The van der Waals surface area contributed by atoms with Crippen molar-refractivity contribution in [2.24, 2.45) is 0 Å². The van der Waals surface area contributed by atoms with E-state index in [0.29, 0.717) is 24.6 Å². The first-order chi connectivity index (χ1) is 15.4. The molecule has 2 aromatic heterocycles. The van der Waals surface area contributed by atoms with Crippen LogP contribution in [-0.4, -0.2) is 30.8 Å². The van der Waals surface area contributed by atoms with Gasteiger partial charge >= 0.3 is 5.97 Å². The lowest BCUT2D eigenvalue weighted by atomic mass is 10.1. The minimum absolute atomic E-state index is 0.0337. The van der Waals surface area contributed by atoms with Crippen LogP contribution in [0.1, 0.15) is 34.2 Å². The molecule has 32 heavy (non-hydrogen) atoms. The van der Waals surface area contributed by atoms with Gasteiger partial charge in [0.25, 0.3) is 5.89 Å². The maximum absolute atomic E-state index is 11.8. The lowest BCUT2D eigenvalue weighted by Gasteiger charge is -2.12. The highest BCUT2D eigenvalue weighted by molar-refractivity contribution is 5.87. The van der Waals surface area contributed by atoms with Gasteiger partial charge in [0.05, 0.1) is 12.8 Å². The number of rotatable bonds is 8. The molecule has 0 fully saturated rings. The zero-order chi connectivity index (χ0) is 22.7. The lowest BCUT2D eigenvalue weighted by Crippen LogP contribution is -2.10. The Balaban J connectivity index is 1.44. The Morgan fingerprint density at radius 3 is 2.44 bits per heavy atom. The van der Waals surface area contributed by atoms with Gasteiger partial charge in [-0.15, -0.1) is 0 Å². The van der Waals surface area contributed by atoms with Crippen LogP contribution >= 0.6 is 0 Å². The van der Waals surface area contributed by atoms with E-state index in [1.165, 1.54) is 6.20 Å². The number of benzene rings is 2. The number of oxazole rings is 1. The number of carbonyl (C=O) groups excluding carboxylic acids is 1. The summed E-state index contributed by atoms with van der Waals surface area (Å²) in [6.45, 7) is 8.85. The summed E-state index contributed by atoms with van der Waals surface area (Å²) in [5, 5.41) is 0.840. The van der Waals surface area contributed by atoms with E-state index in [0.717, 1.165) is 33.6 Å². The molecule has 0 spiro atoms. The van der Waals surface area contributed by atoms with Crippen LogP contribution in [0.3, 0.4) is 0 Å². The predicted molar refractivity (Wildman–Crippen MR) is 119 cm³/mol. The van der Waals surface area contributed by atoms with Crippen molar-refractivity contribution in [3.63, 3.8) is 0 Å². The van der Waals surface area contributed by atoms with Crippen molar-refractivity contribution >= 4 is 16.9 Å². The number of aryl methyl sites for hydroxylation is 3. The quantitative estimate of drug-likeness (QED) is 0.261. The normalized spacial score (nSPS) is 11.0. The Bertz CT molecular complexity index is 1250. The smallest absolute Gasteiger partial charge is 0.375 e. The maximum atomic E-state index is 11.8. The highest BCUT2D eigenvalue weighted by atomic mass is 16.5. The Kier molecular flexibility index (Phi) is 6.16. The van der Waals surface area contributed by atoms with Gasteiger partial charge in [-0.2, -0.15) is 0 Å². The van der Waals surface area contributed by atoms with E-state index in [2.05, 4.69) is 11.1 Å². The van der Waals surface area contributed by atoms with Crippen LogP contribution in [0.5, 0.6) is 11.5 Å². The number of aromatic nitrogens is 1. The molecule has 0 N–H and O–H groups in total. The highest BCUT2D eigenvalue weighted by Gasteiger charge is 2.18. The van der Waals surface area contributed by atoms with Crippen LogP contribution in [0.25, 0.3) is 22.6 Å². The van der Waals surface area contributed by atoms with Gasteiger partial charge in [0, 0.05) is 5.39 Å². The Hall–Kier alpha value is -3.74. The summed E-state index contributed by atoms with van der Waals surface area (Å²) in [5.41, 5.74) is 3.86. The molecule has 0 amide bonds. The average Bonchev–Trinajstić information content (AvgIpc) is 3.40. The molecule has 0 aliphatic carbocycles. The summed E-state index contributed by atoms with van der Waals surface area (Å²) < 4.78 is 28.1. The summed E-state index contributed by atoms with van der Waals surface area (Å²) in [6.07, 6.45) is 1.33. The lowest BCUT2D eigenvalue weighted by molar-refractivity contribution is 0.0491. The number of esters is 1. The standard InChI is InChI=1S/C25H25NO6/c1-5-28-25(27)23-14-26-24(32-23)22-13-18-12-20(17(4)11-21(18)31-22)30-9-8-29-19-10-15(2)6-7-16(19)3/h6-7,10-14H,5,8-9H2,1-4H3.